The Kier molecular flexibility index (Phi) is 9.72. The Morgan fingerprint density at radius 2 is 2.03 bits per heavy atom. The number of rotatable bonds is 6. The lowest BCUT2D eigenvalue weighted by molar-refractivity contribution is -0.124. The van der Waals surface area contributed by atoms with Gasteiger partial charge in [0.2, 0.25) is 0 Å². The predicted molar refractivity (Wildman–Crippen MR) is 135 cm³/mol. The maximum atomic E-state index is 15.3. The summed E-state index contributed by atoms with van der Waals surface area (Å²) in [7, 11) is 0. The first-order valence-electron chi connectivity index (χ1n) is 10.4. The monoisotopic (exact) mass is 512 g/mol. The van der Waals surface area contributed by atoms with Crippen LogP contribution < -0.4 is 11.1 Å². The first-order chi connectivity index (χ1) is 15.0. The Balaban J connectivity index is 0.00000193. The molecule has 1 saturated heterocycles. The summed E-state index contributed by atoms with van der Waals surface area (Å²) in [5, 5.41) is 3.77. The first kappa shape index (κ1) is 27.1. The number of hydrogen-bond acceptors (Lipinski definition) is 6. The van der Waals surface area contributed by atoms with E-state index >= 15 is 4.39 Å². The van der Waals surface area contributed by atoms with Crippen molar-refractivity contribution in [2.45, 2.75) is 38.4 Å². The third-order valence-electron chi connectivity index (χ3n) is 5.44. The van der Waals surface area contributed by atoms with Gasteiger partial charge < -0.3 is 16.0 Å². The van der Waals surface area contributed by atoms with Crippen molar-refractivity contribution in [2.75, 3.05) is 12.3 Å². The highest BCUT2D eigenvalue weighted by Gasteiger charge is 2.42. The van der Waals surface area contributed by atoms with E-state index in [1.54, 1.807) is 4.90 Å². The van der Waals surface area contributed by atoms with Crippen LogP contribution in [0.2, 0.25) is 0 Å². The van der Waals surface area contributed by atoms with Gasteiger partial charge in [-0.05, 0) is 18.6 Å². The van der Waals surface area contributed by atoms with Crippen molar-refractivity contribution < 1.29 is 14.0 Å². The van der Waals surface area contributed by atoms with Gasteiger partial charge in [0.25, 0.3) is 5.91 Å². The lowest BCUT2D eigenvalue weighted by Gasteiger charge is -2.39. The van der Waals surface area contributed by atoms with E-state index in [2.05, 4.69) is 10.3 Å². The topological polar surface area (TPSA) is 88.3 Å². The van der Waals surface area contributed by atoms with E-state index in [-0.39, 0.29) is 47.6 Å². The summed E-state index contributed by atoms with van der Waals surface area (Å²) in [5.41, 5.74) is 7.48. The first-order valence-corrected chi connectivity index (χ1v) is 11.4. The summed E-state index contributed by atoms with van der Waals surface area (Å²) < 4.78 is 15.3. The Hall–Kier alpha value is -2.13. The second-order valence-electron chi connectivity index (χ2n) is 7.72. The molecule has 2 atom stereocenters. The normalized spacial score (nSPS) is 19.9. The van der Waals surface area contributed by atoms with Crippen LogP contribution in [-0.4, -0.2) is 46.0 Å². The van der Waals surface area contributed by atoms with Gasteiger partial charge in [-0.15, -0.1) is 36.6 Å². The predicted octanol–water partition coefficient (Wildman–Crippen LogP) is 3.89. The fourth-order valence-corrected chi connectivity index (χ4v) is 4.92. The molecule has 33 heavy (non-hydrogen) atoms. The van der Waals surface area contributed by atoms with Crippen LogP contribution in [0.3, 0.4) is 0 Å². The van der Waals surface area contributed by atoms with Crippen LogP contribution in [-0.2, 0) is 16.1 Å². The molecule has 1 unspecified atom stereocenters. The van der Waals surface area contributed by atoms with Gasteiger partial charge in [-0.25, -0.2) is 4.39 Å². The van der Waals surface area contributed by atoms with Crippen molar-refractivity contribution in [3.8, 4) is 0 Å². The molecule has 3 heterocycles. The van der Waals surface area contributed by atoms with Gasteiger partial charge in [0, 0.05) is 23.9 Å². The summed E-state index contributed by atoms with van der Waals surface area (Å²) in [6.07, 6.45) is 3.18. The number of nitrogens with zero attached hydrogens (tertiary/aromatic N) is 2. The molecule has 1 aromatic heterocycles. The largest absolute Gasteiger partial charge is 0.356 e. The molecule has 0 saturated carbocycles. The minimum atomic E-state index is -0.839. The second kappa shape index (κ2) is 11.8. The minimum Gasteiger partial charge on any atom is -0.356 e. The molecular formula is C23H27Cl2FN4O2S. The molecule has 0 spiro atoms. The van der Waals surface area contributed by atoms with E-state index in [0.717, 1.165) is 29.4 Å². The highest BCUT2D eigenvalue weighted by Crippen LogP contribution is 2.40. The van der Waals surface area contributed by atoms with E-state index in [4.69, 9.17) is 5.73 Å². The van der Waals surface area contributed by atoms with Crippen LogP contribution in [0.25, 0.3) is 10.9 Å². The number of amides is 1. The zero-order chi connectivity index (χ0) is 22.0. The number of nitrogens with one attached hydrogen (secondary N) is 1. The van der Waals surface area contributed by atoms with Crippen molar-refractivity contribution in [3.05, 3.63) is 64.6 Å². The summed E-state index contributed by atoms with van der Waals surface area (Å²) >= 11 is 1.21. The molecule has 0 radical (unpaired) electrons. The van der Waals surface area contributed by atoms with Crippen molar-refractivity contribution in [1.29, 1.82) is 0 Å². The van der Waals surface area contributed by atoms with E-state index in [1.165, 1.54) is 18.0 Å². The number of para-hydroxylation sites is 1. The summed E-state index contributed by atoms with van der Waals surface area (Å²) in [5.74, 6) is -1.06. The van der Waals surface area contributed by atoms with E-state index in [9.17, 15) is 9.59 Å². The molecule has 178 valence electrons. The van der Waals surface area contributed by atoms with Crippen LogP contribution in [0.4, 0.5) is 4.39 Å². The van der Waals surface area contributed by atoms with Gasteiger partial charge >= 0.3 is 0 Å². The quantitative estimate of drug-likeness (QED) is 0.570. The standard InChI is InChI=1S/C23H25FN4O2S.2ClH/c1-2-3-10-26-23(30)16-12-28(20-21(29)17(25)13-31-22(20)19(16)24)11-15-9-8-14-6-4-5-7-18(14)27-15;;/h4-9,12,17,20H,2-3,10-11,13,25H2,1H3,(H,26,30);2*1H/t17-,20?;;/m0../s1. The molecule has 1 fully saturated rings. The van der Waals surface area contributed by atoms with Gasteiger partial charge in [0.1, 0.15) is 11.9 Å². The second-order valence-corrected chi connectivity index (χ2v) is 8.78. The Bertz CT molecular complexity index is 1100. The fourth-order valence-electron chi connectivity index (χ4n) is 3.75. The summed E-state index contributed by atoms with van der Waals surface area (Å²) in [6, 6.07) is 10.1. The maximum Gasteiger partial charge on any atom is 0.255 e. The van der Waals surface area contributed by atoms with Gasteiger partial charge in [-0.1, -0.05) is 37.6 Å². The Labute approximate surface area is 209 Å². The van der Waals surface area contributed by atoms with Crippen LogP contribution in [0, 0.1) is 0 Å². The smallest absolute Gasteiger partial charge is 0.255 e. The van der Waals surface area contributed by atoms with Crippen LogP contribution in [0.15, 0.2) is 58.9 Å². The molecule has 0 bridgehead atoms. The van der Waals surface area contributed by atoms with Crippen molar-refractivity contribution in [2.24, 2.45) is 5.73 Å². The zero-order valence-corrected chi connectivity index (χ0v) is 20.6. The van der Waals surface area contributed by atoms with Crippen LogP contribution in [0.1, 0.15) is 25.5 Å². The molecule has 2 aromatic rings. The van der Waals surface area contributed by atoms with Crippen molar-refractivity contribution in [1.82, 2.24) is 15.2 Å². The average Bonchev–Trinajstić information content (AvgIpc) is 2.77. The molecule has 6 nitrogen and oxygen atoms in total. The number of fused-ring (bicyclic) bond motifs is 2. The highest BCUT2D eigenvalue weighted by atomic mass is 35.5. The van der Waals surface area contributed by atoms with Gasteiger partial charge in [0.05, 0.1) is 34.3 Å². The van der Waals surface area contributed by atoms with Crippen LogP contribution in [0.5, 0.6) is 0 Å². The lowest BCUT2D eigenvalue weighted by atomic mass is 9.98. The number of ketones is 1. The number of unbranched alkanes of at least 4 members (excludes halogenated alkanes) is 1. The van der Waals surface area contributed by atoms with E-state index < -0.39 is 23.8 Å². The number of carbonyl (C=O) groups excluding carboxylic acids is 2. The summed E-state index contributed by atoms with van der Waals surface area (Å²) in [4.78, 5) is 32.2. The Morgan fingerprint density at radius 1 is 1.27 bits per heavy atom. The molecule has 1 amide bonds. The molecular weight excluding hydrogens is 486 g/mol. The van der Waals surface area contributed by atoms with Crippen molar-refractivity contribution in [3.63, 3.8) is 0 Å². The maximum absolute atomic E-state index is 15.3. The summed E-state index contributed by atoms with van der Waals surface area (Å²) in [6.45, 7) is 2.75. The number of nitrogens with two attached hydrogens (primary N) is 1. The number of benzene rings is 1. The number of aromatic nitrogens is 1. The third-order valence-corrected chi connectivity index (χ3v) is 6.68. The van der Waals surface area contributed by atoms with Crippen LogP contribution >= 0.6 is 36.6 Å². The zero-order valence-electron chi connectivity index (χ0n) is 18.1. The average molecular weight is 513 g/mol. The molecule has 10 heteroatoms. The molecule has 3 N–H and O–H groups in total. The van der Waals surface area contributed by atoms with Gasteiger partial charge in [-0.2, -0.15) is 0 Å². The molecule has 2 aliphatic rings. The number of pyridine rings is 1. The molecule has 2 aliphatic heterocycles. The number of Topliss-reactive ketones (excluding diaryl/α,β-unsaturated/α-hetero) is 1. The number of hydrogen-bond donors (Lipinski definition) is 2. The minimum absolute atomic E-state index is 0. The number of halogens is 3. The lowest BCUT2D eigenvalue weighted by Crippen LogP contribution is -2.52. The van der Waals surface area contributed by atoms with Crippen molar-refractivity contribution >= 4 is 59.2 Å². The SMILES string of the molecule is CCCCNC(=O)C1=CN(Cc2ccc3ccccc3n2)C2C(=O)[C@@H](N)CSC2=C1F.Cl.Cl. The van der Waals surface area contributed by atoms with Gasteiger partial charge in [-0.3, -0.25) is 14.6 Å². The van der Waals surface area contributed by atoms with E-state index in [1.807, 2.05) is 43.3 Å². The fraction of sp³-hybridized carbons (Fsp3) is 0.348. The molecule has 4 rings (SSSR count). The highest BCUT2D eigenvalue weighted by molar-refractivity contribution is 8.03. The Morgan fingerprint density at radius 3 is 2.79 bits per heavy atom. The number of carbonyl (C=O) groups is 2. The number of thioether (sulfide) groups is 1. The third kappa shape index (κ3) is 5.69. The van der Waals surface area contributed by atoms with E-state index in [0.29, 0.717) is 12.3 Å². The molecule has 0 aliphatic carbocycles. The van der Waals surface area contributed by atoms with Gasteiger partial charge in [0.15, 0.2) is 5.78 Å². The molecule has 1 aromatic carbocycles.